The average molecular weight is 217 g/mol. The lowest BCUT2D eigenvalue weighted by Gasteiger charge is -2.24. The zero-order chi connectivity index (χ0) is 12.2. The summed E-state index contributed by atoms with van der Waals surface area (Å²) >= 11 is 0. The molecule has 2 atom stereocenters. The maximum Gasteiger partial charge on any atom is 0.343 e. The van der Waals surface area contributed by atoms with Gasteiger partial charge in [0, 0.05) is 0 Å². The van der Waals surface area contributed by atoms with Crippen LogP contribution >= 0.6 is 0 Å². The Hall–Kier alpha value is -0.940. The minimum atomic E-state index is -2.32. The first-order chi connectivity index (χ1) is 6.73. The Morgan fingerprint density at radius 1 is 1.40 bits per heavy atom. The fourth-order valence-electron chi connectivity index (χ4n) is 1.27. The first kappa shape index (κ1) is 14.1. The second kappa shape index (κ2) is 5.23. The van der Waals surface area contributed by atoms with Gasteiger partial charge in [-0.1, -0.05) is 13.8 Å². The summed E-state index contributed by atoms with van der Waals surface area (Å²) in [5, 5.41) is 20.9. The van der Waals surface area contributed by atoms with Crippen LogP contribution in [0.3, 0.4) is 0 Å². The molecule has 0 aliphatic rings. The van der Waals surface area contributed by atoms with Gasteiger partial charge in [0.2, 0.25) is 5.60 Å². The number of Topliss-reactive ketones (excluding diaryl/α,β-unsaturated/α-hetero) is 1. The van der Waals surface area contributed by atoms with Crippen molar-refractivity contribution in [1.82, 2.24) is 5.32 Å². The molecule has 0 aromatic rings. The smallest absolute Gasteiger partial charge is 0.343 e. The van der Waals surface area contributed by atoms with Gasteiger partial charge >= 0.3 is 5.97 Å². The molecular weight excluding hydrogens is 198 g/mol. The molecule has 0 amide bonds. The molecule has 5 nitrogen and oxygen atoms in total. The highest BCUT2D eigenvalue weighted by Crippen LogP contribution is 2.13. The lowest BCUT2D eigenvalue weighted by atomic mass is 9.90. The van der Waals surface area contributed by atoms with E-state index in [0.29, 0.717) is 6.42 Å². The molecule has 1 unspecified atom stereocenters. The number of carbonyl (C=O) groups excluding carboxylic acids is 1. The van der Waals surface area contributed by atoms with E-state index in [9.17, 15) is 14.7 Å². The van der Waals surface area contributed by atoms with E-state index in [1.54, 1.807) is 7.05 Å². The monoisotopic (exact) mass is 217 g/mol. The van der Waals surface area contributed by atoms with E-state index in [1.165, 1.54) is 0 Å². The van der Waals surface area contributed by atoms with Crippen LogP contribution in [0.4, 0.5) is 0 Å². The number of aliphatic carboxylic acids is 1. The van der Waals surface area contributed by atoms with Gasteiger partial charge in [0.15, 0.2) is 5.78 Å². The highest BCUT2D eigenvalue weighted by Gasteiger charge is 2.42. The predicted octanol–water partition coefficient (Wildman–Crippen LogP) is 0.0252. The number of aliphatic hydroxyl groups is 1. The molecule has 0 saturated carbocycles. The predicted molar refractivity (Wildman–Crippen MR) is 55.6 cm³/mol. The second-order valence-corrected chi connectivity index (χ2v) is 4.21. The van der Waals surface area contributed by atoms with Crippen molar-refractivity contribution in [2.45, 2.75) is 38.8 Å². The van der Waals surface area contributed by atoms with Gasteiger partial charge in [-0.15, -0.1) is 0 Å². The standard InChI is InChI=1S/C10H19NO4/c1-6(2)5-7(11-4)8(12)10(3,15)9(13)14/h6-7,11,15H,5H2,1-4H3,(H,13,14)/t7-,10?/m0/s1. The summed E-state index contributed by atoms with van der Waals surface area (Å²) in [7, 11) is 1.57. The third-order valence-corrected chi connectivity index (χ3v) is 2.27. The van der Waals surface area contributed by atoms with Gasteiger partial charge in [-0.2, -0.15) is 0 Å². The molecule has 0 rings (SSSR count). The number of hydrogen-bond donors (Lipinski definition) is 3. The van der Waals surface area contributed by atoms with E-state index in [0.717, 1.165) is 6.92 Å². The molecule has 0 heterocycles. The Morgan fingerprint density at radius 2 is 1.87 bits per heavy atom. The van der Waals surface area contributed by atoms with Crippen molar-refractivity contribution in [3.8, 4) is 0 Å². The lowest BCUT2D eigenvalue weighted by molar-refractivity contribution is -0.164. The van der Waals surface area contributed by atoms with Crippen LogP contribution in [-0.2, 0) is 9.59 Å². The van der Waals surface area contributed by atoms with Crippen LogP contribution < -0.4 is 5.32 Å². The Bertz CT molecular complexity index is 248. The average Bonchev–Trinajstić information content (AvgIpc) is 2.12. The van der Waals surface area contributed by atoms with Crippen molar-refractivity contribution in [1.29, 1.82) is 0 Å². The van der Waals surface area contributed by atoms with Gasteiger partial charge < -0.3 is 15.5 Å². The summed E-state index contributed by atoms with van der Waals surface area (Å²) in [6, 6.07) is -0.629. The molecule has 0 saturated heterocycles. The summed E-state index contributed by atoms with van der Waals surface area (Å²) in [4.78, 5) is 22.3. The van der Waals surface area contributed by atoms with Crippen molar-refractivity contribution in [3.63, 3.8) is 0 Å². The number of carbonyl (C=O) groups is 2. The molecule has 0 aliphatic heterocycles. The Balaban J connectivity index is 4.72. The van der Waals surface area contributed by atoms with E-state index in [1.807, 2.05) is 13.8 Å². The number of rotatable bonds is 6. The molecule has 0 aromatic carbocycles. The molecular formula is C10H19NO4. The molecule has 3 N–H and O–H groups in total. The van der Waals surface area contributed by atoms with Crippen LogP contribution in [0.15, 0.2) is 0 Å². The van der Waals surface area contributed by atoms with Gasteiger partial charge in [-0.3, -0.25) is 4.79 Å². The SMILES string of the molecule is CN[C@@H](CC(C)C)C(=O)C(C)(O)C(=O)O. The number of likely N-dealkylation sites (N-methyl/N-ethyl adjacent to an activating group) is 1. The summed E-state index contributed by atoms with van der Waals surface area (Å²) < 4.78 is 0. The molecule has 0 fully saturated rings. The molecule has 0 aliphatic carbocycles. The number of nitrogens with one attached hydrogen (secondary N) is 1. The van der Waals surface area contributed by atoms with Gasteiger partial charge in [0.25, 0.3) is 0 Å². The zero-order valence-corrected chi connectivity index (χ0v) is 9.57. The van der Waals surface area contributed by atoms with E-state index in [-0.39, 0.29) is 5.92 Å². The van der Waals surface area contributed by atoms with Gasteiger partial charge in [0.05, 0.1) is 6.04 Å². The largest absolute Gasteiger partial charge is 0.479 e. The zero-order valence-electron chi connectivity index (χ0n) is 9.57. The Kier molecular flexibility index (Phi) is 4.90. The minimum absolute atomic E-state index is 0.246. The van der Waals surface area contributed by atoms with Gasteiger partial charge in [-0.25, -0.2) is 4.79 Å². The Labute approximate surface area is 89.5 Å². The van der Waals surface area contributed by atoms with Crippen LogP contribution in [-0.4, -0.2) is 40.7 Å². The van der Waals surface area contributed by atoms with Crippen LogP contribution in [0, 0.1) is 5.92 Å². The maximum absolute atomic E-state index is 11.7. The fourth-order valence-corrected chi connectivity index (χ4v) is 1.27. The molecule has 0 spiro atoms. The summed E-state index contributed by atoms with van der Waals surface area (Å²) in [5.74, 6) is -1.97. The molecule has 0 radical (unpaired) electrons. The van der Waals surface area contributed by atoms with Crippen LogP contribution in [0.2, 0.25) is 0 Å². The van der Waals surface area contributed by atoms with E-state index < -0.39 is 23.4 Å². The Morgan fingerprint density at radius 3 is 2.13 bits per heavy atom. The van der Waals surface area contributed by atoms with Crippen LogP contribution in [0.5, 0.6) is 0 Å². The summed E-state index contributed by atoms with van der Waals surface area (Å²) in [6.45, 7) is 4.85. The van der Waals surface area contributed by atoms with Gasteiger partial charge in [-0.05, 0) is 26.3 Å². The van der Waals surface area contributed by atoms with Crippen molar-refractivity contribution < 1.29 is 19.8 Å². The number of carboxylic acid groups (broad SMARTS) is 1. The van der Waals surface area contributed by atoms with Crippen LogP contribution in [0.25, 0.3) is 0 Å². The third-order valence-electron chi connectivity index (χ3n) is 2.27. The highest BCUT2D eigenvalue weighted by atomic mass is 16.4. The van der Waals surface area contributed by atoms with Crippen molar-refractivity contribution >= 4 is 11.8 Å². The van der Waals surface area contributed by atoms with E-state index >= 15 is 0 Å². The fraction of sp³-hybridized carbons (Fsp3) is 0.800. The number of carboxylic acids is 1. The molecule has 0 bridgehead atoms. The molecule has 0 aromatic heterocycles. The van der Waals surface area contributed by atoms with Crippen molar-refractivity contribution in [2.75, 3.05) is 7.05 Å². The number of hydrogen-bond acceptors (Lipinski definition) is 4. The number of ketones is 1. The first-order valence-corrected chi connectivity index (χ1v) is 4.90. The highest BCUT2D eigenvalue weighted by molar-refractivity contribution is 6.08. The van der Waals surface area contributed by atoms with Crippen molar-refractivity contribution in [3.05, 3.63) is 0 Å². The normalized spacial score (nSPS) is 17.2. The quantitative estimate of drug-likeness (QED) is 0.546. The van der Waals surface area contributed by atoms with E-state index in [4.69, 9.17) is 5.11 Å². The third kappa shape index (κ3) is 3.60. The molecule has 88 valence electrons. The maximum atomic E-state index is 11.7. The van der Waals surface area contributed by atoms with Gasteiger partial charge in [0.1, 0.15) is 0 Å². The second-order valence-electron chi connectivity index (χ2n) is 4.21. The first-order valence-electron chi connectivity index (χ1n) is 4.90. The molecule has 15 heavy (non-hydrogen) atoms. The topological polar surface area (TPSA) is 86.6 Å². The minimum Gasteiger partial charge on any atom is -0.479 e. The lowest BCUT2D eigenvalue weighted by Crippen LogP contribution is -2.52. The van der Waals surface area contributed by atoms with Crippen LogP contribution in [0.1, 0.15) is 27.2 Å². The summed E-state index contributed by atoms with van der Waals surface area (Å²) in [5.41, 5.74) is -2.32. The van der Waals surface area contributed by atoms with Crippen molar-refractivity contribution in [2.24, 2.45) is 5.92 Å². The molecule has 5 heteroatoms. The summed E-state index contributed by atoms with van der Waals surface area (Å²) in [6.07, 6.45) is 0.499. The van der Waals surface area contributed by atoms with E-state index in [2.05, 4.69) is 5.32 Å².